The Morgan fingerprint density at radius 3 is 2.64 bits per heavy atom. The molecule has 0 aliphatic carbocycles. The Morgan fingerprint density at radius 2 is 2.05 bits per heavy atom. The van der Waals surface area contributed by atoms with Crippen LogP contribution in [0.1, 0.15) is 18.4 Å². The minimum atomic E-state index is 0. The highest BCUT2D eigenvalue weighted by atomic mass is 79.9. The summed E-state index contributed by atoms with van der Waals surface area (Å²) < 4.78 is 0.934. The molecule has 22 heavy (non-hydrogen) atoms. The summed E-state index contributed by atoms with van der Waals surface area (Å²) in [6, 6.07) is 5.96. The van der Waals surface area contributed by atoms with Gasteiger partial charge in [-0.25, -0.2) is 0 Å². The van der Waals surface area contributed by atoms with Crippen LogP contribution in [0.4, 0.5) is 5.69 Å². The Hall–Kier alpha value is -0.620. The summed E-state index contributed by atoms with van der Waals surface area (Å²) >= 11 is 3.49. The van der Waals surface area contributed by atoms with Gasteiger partial charge in [-0.3, -0.25) is 9.69 Å². The van der Waals surface area contributed by atoms with Crippen molar-refractivity contribution in [2.45, 2.75) is 19.8 Å². The first kappa shape index (κ1) is 19.4. The number of hydrogen-bond donors (Lipinski definition) is 2. The molecule has 1 saturated heterocycles. The molecule has 0 radical (unpaired) electrons. The molecular weight excluding hydrogens is 366 g/mol. The van der Waals surface area contributed by atoms with Crippen LogP contribution in [0, 0.1) is 12.8 Å². The van der Waals surface area contributed by atoms with Crippen LogP contribution < -0.4 is 10.6 Å². The van der Waals surface area contributed by atoms with Gasteiger partial charge in [0.15, 0.2) is 0 Å². The van der Waals surface area contributed by atoms with E-state index in [1.165, 1.54) is 18.4 Å². The van der Waals surface area contributed by atoms with Gasteiger partial charge in [0.2, 0.25) is 5.91 Å². The van der Waals surface area contributed by atoms with E-state index in [-0.39, 0.29) is 18.3 Å². The normalized spacial score (nSPS) is 16.1. The molecule has 2 N–H and O–H groups in total. The molecular formula is C16H25BrClN3O. The van der Waals surface area contributed by atoms with E-state index in [1.807, 2.05) is 32.2 Å². The molecule has 0 saturated carbocycles. The second kappa shape index (κ2) is 9.50. The number of benzene rings is 1. The number of nitrogens with one attached hydrogen (secondary N) is 2. The Bertz CT molecular complexity index is 490. The summed E-state index contributed by atoms with van der Waals surface area (Å²) in [5.41, 5.74) is 2.02. The number of carbonyl (C=O) groups is 1. The molecule has 1 fully saturated rings. The summed E-state index contributed by atoms with van der Waals surface area (Å²) in [7, 11) is 2.00. The van der Waals surface area contributed by atoms with Crippen LogP contribution in [0.15, 0.2) is 22.7 Å². The van der Waals surface area contributed by atoms with Crippen molar-refractivity contribution in [1.29, 1.82) is 0 Å². The molecule has 2 rings (SSSR count). The van der Waals surface area contributed by atoms with Crippen molar-refractivity contribution >= 4 is 39.9 Å². The minimum Gasteiger partial charge on any atom is -0.324 e. The Balaban J connectivity index is 0.00000242. The van der Waals surface area contributed by atoms with Gasteiger partial charge in [0.1, 0.15) is 0 Å². The van der Waals surface area contributed by atoms with Gasteiger partial charge in [0.05, 0.1) is 12.2 Å². The molecule has 0 spiro atoms. The van der Waals surface area contributed by atoms with Crippen molar-refractivity contribution in [2.24, 2.45) is 5.92 Å². The van der Waals surface area contributed by atoms with E-state index in [9.17, 15) is 4.79 Å². The number of halogens is 2. The highest BCUT2D eigenvalue weighted by molar-refractivity contribution is 9.10. The van der Waals surface area contributed by atoms with Crippen molar-refractivity contribution in [3.05, 3.63) is 28.2 Å². The van der Waals surface area contributed by atoms with Crippen LogP contribution in [0.3, 0.4) is 0 Å². The van der Waals surface area contributed by atoms with Crippen LogP contribution in [-0.2, 0) is 4.79 Å². The molecule has 1 aromatic rings. The van der Waals surface area contributed by atoms with Gasteiger partial charge in [-0.05, 0) is 86.0 Å². The van der Waals surface area contributed by atoms with Gasteiger partial charge in [-0.15, -0.1) is 12.4 Å². The molecule has 1 heterocycles. The van der Waals surface area contributed by atoms with E-state index in [0.717, 1.165) is 35.7 Å². The summed E-state index contributed by atoms with van der Waals surface area (Å²) in [5, 5.41) is 6.21. The van der Waals surface area contributed by atoms with Crippen LogP contribution >= 0.6 is 28.3 Å². The van der Waals surface area contributed by atoms with Crippen molar-refractivity contribution in [3.8, 4) is 0 Å². The number of aryl methyl sites for hydroxylation is 1. The lowest BCUT2D eigenvalue weighted by Gasteiger charge is -2.31. The van der Waals surface area contributed by atoms with E-state index >= 15 is 0 Å². The molecule has 1 aromatic carbocycles. The fraction of sp³-hybridized carbons (Fsp3) is 0.562. The fourth-order valence-electron chi connectivity index (χ4n) is 2.75. The van der Waals surface area contributed by atoms with Crippen molar-refractivity contribution in [1.82, 2.24) is 10.2 Å². The van der Waals surface area contributed by atoms with Crippen molar-refractivity contribution in [3.63, 3.8) is 0 Å². The largest absolute Gasteiger partial charge is 0.324 e. The summed E-state index contributed by atoms with van der Waals surface area (Å²) in [4.78, 5) is 14.4. The Morgan fingerprint density at radius 1 is 1.36 bits per heavy atom. The summed E-state index contributed by atoms with van der Waals surface area (Å²) in [6.45, 7) is 5.61. The Kier molecular flexibility index (Phi) is 8.39. The monoisotopic (exact) mass is 389 g/mol. The van der Waals surface area contributed by atoms with Gasteiger partial charge < -0.3 is 10.6 Å². The van der Waals surface area contributed by atoms with Crippen molar-refractivity contribution < 1.29 is 4.79 Å². The molecule has 4 nitrogen and oxygen atoms in total. The van der Waals surface area contributed by atoms with Gasteiger partial charge in [0, 0.05) is 4.47 Å². The van der Waals surface area contributed by atoms with Crippen LogP contribution in [0.2, 0.25) is 0 Å². The molecule has 124 valence electrons. The van der Waals surface area contributed by atoms with Gasteiger partial charge in [0.25, 0.3) is 0 Å². The molecule has 0 aromatic heterocycles. The molecule has 6 heteroatoms. The second-order valence-electron chi connectivity index (χ2n) is 5.81. The number of amides is 1. The van der Waals surface area contributed by atoms with E-state index in [0.29, 0.717) is 6.54 Å². The zero-order valence-corrected chi connectivity index (χ0v) is 15.6. The van der Waals surface area contributed by atoms with E-state index in [1.54, 1.807) is 0 Å². The molecule has 0 bridgehead atoms. The maximum atomic E-state index is 12.1. The SMILES string of the molecule is CNCC1CCN(CC(=O)Nc2ccc(C)cc2Br)CC1.Cl. The third kappa shape index (κ3) is 5.88. The average molecular weight is 391 g/mol. The quantitative estimate of drug-likeness (QED) is 0.812. The predicted octanol–water partition coefficient (Wildman–Crippen LogP) is 3.05. The first-order chi connectivity index (χ1) is 10.1. The Labute approximate surface area is 147 Å². The molecule has 0 unspecified atom stereocenters. The number of anilines is 1. The lowest BCUT2D eigenvalue weighted by Crippen LogP contribution is -2.40. The lowest BCUT2D eigenvalue weighted by atomic mass is 9.97. The van der Waals surface area contributed by atoms with Crippen LogP contribution in [-0.4, -0.2) is 44.0 Å². The third-order valence-corrected chi connectivity index (χ3v) is 4.62. The standard InChI is InChI=1S/C16H24BrN3O.ClH/c1-12-3-4-15(14(17)9-12)19-16(21)11-20-7-5-13(6-8-20)10-18-2;/h3-4,9,13,18H,5-8,10-11H2,1-2H3,(H,19,21);1H. The molecule has 1 amide bonds. The molecule has 1 aliphatic heterocycles. The number of likely N-dealkylation sites (tertiary alicyclic amines) is 1. The molecule has 1 aliphatic rings. The number of carbonyl (C=O) groups excluding carboxylic acids is 1. The fourth-order valence-corrected chi connectivity index (χ4v) is 3.34. The highest BCUT2D eigenvalue weighted by Gasteiger charge is 2.20. The van der Waals surface area contributed by atoms with Gasteiger partial charge >= 0.3 is 0 Å². The van der Waals surface area contributed by atoms with E-state index < -0.39 is 0 Å². The topological polar surface area (TPSA) is 44.4 Å². The van der Waals surface area contributed by atoms with Gasteiger partial charge in [-0.2, -0.15) is 0 Å². The number of rotatable bonds is 5. The molecule has 0 atom stereocenters. The average Bonchev–Trinajstić information content (AvgIpc) is 2.44. The zero-order chi connectivity index (χ0) is 15.2. The maximum absolute atomic E-state index is 12.1. The lowest BCUT2D eigenvalue weighted by molar-refractivity contribution is -0.117. The van der Waals surface area contributed by atoms with Crippen molar-refractivity contribution in [2.75, 3.05) is 38.5 Å². The summed E-state index contributed by atoms with van der Waals surface area (Å²) in [5.74, 6) is 0.812. The third-order valence-electron chi connectivity index (χ3n) is 3.97. The second-order valence-corrected chi connectivity index (χ2v) is 6.66. The van der Waals surface area contributed by atoms with E-state index in [4.69, 9.17) is 0 Å². The van der Waals surface area contributed by atoms with Crippen LogP contribution in [0.5, 0.6) is 0 Å². The van der Waals surface area contributed by atoms with Crippen LogP contribution in [0.25, 0.3) is 0 Å². The number of nitrogens with zero attached hydrogens (tertiary/aromatic N) is 1. The predicted molar refractivity (Wildman–Crippen MR) is 97.8 cm³/mol. The smallest absolute Gasteiger partial charge is 0.238 e. The van der Waals surface area contributed by atoms with Gasteiger partial charge in [-0.1, -0.05) is 6.07 Å². The first-order valence-corrected chi connectivity index (χ1v) is 8.30. The highest BCUT2D eigenvalue weighted by Crippen LogP contribution is 2.23. The number of hydrogen-bond acceptors (Lipinski definition) is 3. The number of piperidine rings is 1. The maximum Gasteiger partial charge on any atom is 0.238 e. The zero-order valence-electron chi connectivity index (χ0n) is 13.2. The minimum absolute atomic E-state index is 0. The van der Waals surface area contributed by atoms with E-state index in [2.05, 4.69) is 31.5 Å². The summed E-state index contributed by atoms with van der Waals surface area (Å²) in [6.07, 6.45) is 2.34. The first-order valence-electron chi connectivity index (χ1n) is 7.51.